The molecule has 0 spiro atoms. The van der Waals surface area contributed by atoms with E-state index in [4.69, 9.17) is 0 Å². The maximum Gasteiger partial charge on any atom is 0.170 e. The van der Waals surface area contributed by atoms with Gasteiger partial charge < -0.3 is 9.80 Å². The van der Waals surface area contributed by atoms with E-state index in [-0.39, 0.29) is 11.7 Å². The molecule has 0 amide bonds. The van der Waals surface area contributed by atoms with Crippen LogP contribution in [0.1, 0.15) is 112 Å². The predicted octanol–water partition coefficient (Wildman–Crippen LogP) is 8.88. The Morgan fingerprint density at radius 2 is 1.00 bits per heavy atom. The van der Waals surface area contributed by atoms with E-state index in [2.05, 4.69) is 55.1 Å². The fourth-order valence-corrected chi connectivity index (χ4v) is 4.77. The van der Waals surface area contributed by atoms with E-state index in [1.165, 1.54) is 76.3 Å². The Kier molecular flexibility index (Phi) is 13.6. The van der Waals surface area contributed by atoms with E-state index in [0.29, 0.717) is 0 Å². The molecule has 3 nitrogen and oxygen atoms in total. The zero-order valence-corrected chi connectivity index (χ0v) is 23.2. The smallest absolute Gasteiger partial charge is 0.170 e. The highest BCUT2D eigenvalue weighted by atomic mass is 16.1. The van der Waals surface area contributed by atoms with Crippen LogP contribution in [0.15, 0.2) is 48.5 Å². The van der Waals surface area contributed by atoms with Crippen LogP contribution in [0.4, 0.5) is 11.4 Å². The Hall–Kier alpha value is -2.29. The molecule has 0 aliphatic heterocycles. The van der Waals surface area contributed by atoms with Crippen LogP contribution in [0.2, 0.25) is 0 Å². The second kappa shape index (κ2) is 16.4. The number of hydrogen-bond acceptors (Lipinski definition) is 3. The number of carbonyl (C=O) groups is 1. The summed E-state index contributed by atoms with van der Waals surface area (Å²) in [5.74, 6) is 0.176. The van der Waals surface area contributed by atoms with Crippen molar-refractivity contribution in [2.24, 2.45) is 0 Å². The molecule has 1 unspecified atom stereocenters. The van der Waals surface area contributed by atoms with Crippen molar-refractivity contribution in [1.29, 1.82) is 0 Å². The van der Waals surface area contributed by atoms with Crippen molar-refractivity contribution in [2.75, 3.05) is 38.0 Å². The minimum atomic E-state index is -0.0699. The molecule has 0 fully saturated rings. The molecule has 2 rings (SSSR count). The maximum atomic E-state index is 13.6. The van der Waals surface area contributed by atoms with Crippen molar-refractivity contribution in [2.45, 2.75) is 96.3 Å². The fraction of sp³-hybridized carbons (Fsp3) is 0.594. The number of rotatable bonds is 18. The molecule has 2 aromatic rings. The average molecular weight is 479 g/mol. The lowest BCUT2D eigenvalue weighted by atomic mass is 9.86. The lowest BCUT2D eigenvalue weighted by molar-refractivity contribution is 0.0953. The SMILES string of the molecule is CCCCCCCCCCCCCCC(C(=O)c1ccc(N(C)C)cc1)c1ccc(N(C)C)cc1. The second-order valence-corrected chi connectivity index (χ2v) is 10.5. The highest BCUT2D eigenvalue weighted by Crippen LogP contribution is 2.29. The van der Waals surface area contributed by atoms with Gasteiger partial charge in [0.05, 0.1) is 0 Å². The third-order valence-electron chi connectivity index (χ3n) is 7.14. The van der Waals surface area contributed by atoms with Crippen molar-refractivity contribution in [1.82, 2.24) is 0 Å². The topological polar surface area (TPSA) is 23.6 Å². The van der Waals surface area contributed by atoms with Gasteiger partial charge in [0.25, 0.3) is 0 Å². The van der Waals surface area contributed by atoms with Crippen molar-refractivity contribution in [3.05, 3.63) is 59.7 Å². The van der Waals surface area contributed by atoms with Gasteiger partial charge in [0, 0.05) is 51.0 Å². The first kappa shape index (κ1) is 28.9. The number of ketones is 1. The van der Waals surface area contributed by atoms with Gasteiger partial charge in [0.15, 0.2) is 5.78 Å². The fourth-order valence-electron chi connectivity index (χ4n) is 4.77. The molecule has 0 N–H and O–H groups in total. The molecule has 0 aromatic heterocycles. The molecular formula is C32H50N2O. The van der Waals surface area contributed by atoms with Gasteiger partial charge in [-0.1, -0.05) is 96.1 Å². The standard InChI is InChI=1S/C32H50N2O/c1-6-7-8-9-10-11-12-13-14-15-16-17-18-31(27-19-23-29(24-20-27)33(2)3)32(35)28-21-25-30(26-22-28)34(4)5/h19-26,31H,6-18H2,1-5H3. The van der Waals surface area contributed by atoms with E-state index in [9.17, 15) is 4.79 Å². The van der Waals surface area contributed by atoms with Crippen molar-refractivity contribution < 1.29 is 4.79 Å². The van der Waals surface area contributed by atoms with E-state index >= 15 is 0 Å². The largest absolute Gasteiger partial charge is 0.378 e. The average Bonchev–Trinajstić information content (AvgIpc) is 2.86. The molecule has 35 heavy (non-hydrogen) atoms. The minimum Gasteiger partial charge on any atom is -0.378 e. The molecule has 0 radical (unpaired) electrons. The first-order valence-electron chi connectivity index (χ1n) is 14.0. The number of Topliss-reactive ketones (excluding diaryl/α,β-unsaturated/α-hetero) is 1. The van der Waals surface area contributed by atoms with E-state index < -0.39 is 0 Å². The Labute approximate surface area is 215 Å². The van der Waals surface area contributed by atoms with Gasteiger partial charge in [-0.3, -0.25) is 4.79 Å². The number of benzene rings is 2. The summed E-state index contributed by atoms with van der Waals surface area (Å²) in [6.07, 6.45) is 17.0. The molecule has 0 aliphatic carbocycles. The van der Waals surface area contributed by atoms with Gasteiger partial charge in [-0.05, 0) is 48.4 Å². The zero-order chi connectivity index (χ0) is 25.5. The van der Waals surface area contributed by atoms with Gasteiger partial charge in [-0.2, -0.15) is 0 Å². The predicted molar refractivity (Wildman–Crippen MR) is 154 cm³/mol. The third-order valence-corrected chi connectivity index (χ3v) is 7.14. The van der Waals surface area contributed by atoms with Crippen LogP contribution in [0, 0.1) is 0 Å². The van der Waals surface area contributed by atoms with Crippen LogP contribution < -0.4 is 9.80 Å². The summed E-state index contributed by atoms with van der Waals surface area (Å²) >= 11 is 0. The first-order valence-corrected chi connectivity index (χ1v) is 14.0. The Morgan fingerprint density at radius 3 is 1.43 bits per heavy atom. The van der Waals surface area contributed by atoms with Crippen LogP contribution in [0.5, 0.6) is 0 Å². The summed E-state index contributed by atoms with van der Waals surface area (Å²) in [5.41, 5.74) is 4.24. The Morgan fingerprint density at radius 1 is 0.600 bits per heavy atom. The van der Waals surface area contributed by atoms with Crippen LogP contribution >= 0.6 is 0 Å². The summed E-state index contributed by atoms with van der Waals surface area (Å²) in [5, 5.41) is 0. The van der Waals surface area contributed by atoms with E-state index in [0.717, 1.165) is 29.7 Å². The molecule has 3 heteroatoms. The first-order chi connectivity index (χ1) is 16.9. The van der Waals surface area contributed by atoms with Crippen LogP contribution in [0.3, 0.4) is 0 Å². The normalized spacial score (nSPS) is 11.9. The Balaban J connectivity index is 1.86. The molecule has 0 aliphatic rings. The van der Waals surface area contributed by atoms with E-state index in [1.807, 2.05) is 38.4 Å². The monoisotopic (exact) mass is 478 g/mol. The highest BCUT2D eigenvalue weighted by Gasteiger charge is 2.22. The molecule has 2 aromatic carbocycles. The van der Waals surface area contributed by atoms with Gasteiger partial charge in [-0.25, -0.2) is 0 Å². The molecular weight excluding hydrogens is 428 g/mol. The second-order valence-electron chi connectivity index (χ2n) is 10.5. The van der Waals surface area contributed by atoms with Gasteiger partial charge in [0.2, 0.25) is 0 Å². The number of unbranched alkanes of at least 4 members (excludes halogenated alkanes) is 11. The summed E-state index contributed by atoms with van der Waals surface area (Å²) in [7, 11) is 8.16. The number of anilines is 2. The number of nitrogens with zero attached hydrogens (tertiary/aromatic N) is 2. The Bertz CT molecular complexity index is 824. The zero-order valence-electron chi connectivity index (χ0n) is 23.2. The van der Waals surface area contributed by atoms with Crippen molar-refractivity contribution in [3.63, 3.8) is 0 Å². The third kappa shape index (κ3) is 10.5. The van der Waals surface area contributed by atoms with E-state index in [1.54, 1.807) is 0 Å². The number of carbonyl (C=O) groups excluding carboxylic acids is 1. The summed E-state index contributed by atoms with van der Waals surface area (Å²) in [6, 6.07) is 16.6. The molecule has 194 valence electrons. The van der Waals surface area contributed by atoms with Crippen LogP contribution in [-0.2, 0) is 0 Å². The van der Waals surface area contributed by atoms with Crippen molar-refractivity contribution in [3.8, 4) is 0 Å². The van der Waals surface area contributed by atoms with Gasteiger partial charge >= 0.3 is 0 Å². The quantitative estimate of drug-likeness (QED) is 0.158. The lowest BCUT2D eigenvalue weighted by Gasteiger charge is -2.19. The summed E-state index contributed by atoms with van der Waals surface area (Å²) in [6.45, 7) is 2.28. The van der Waals surface area contributed by atoms with Crippen molar-refractivity contribution >= 4 is 17.2 Å². The molecule has 0 heterocycles. The minimum absolute atomic E-state index is 0.0699. The van der Waals surface area contributed by atoms with Gasteiger partial charge in [0.1, 0.15) is 0 Å². The summed E-state index contributed by atoms with van der Waals surface area (Å²) in [4.78, 5) is 17.7. The molecule has 0 bridgehead atoms. The summed E-state index contributed by atoms with van der Waals surface area (Å²) < 4.78 is 0. The van der Waals surface area contributed by atoms with Crippen LogP contribution in [0.25, 0.3) is 0 Å². The molecule has 0 saturated carbocycles. The molecule has 1 atom stereocenters. The van der Waals surface area contributed by atoms with Gasteiger partial charge in [-0.15, -0.1) is 0 Å². The highest BCUT2D eigenvalue weighted by molar-refractivity contribution is 6.01. The van der Waals surface area contributed by atoms with Crippen LogP contribution in [-0.4, -0.2) is 34.0 Å². The number of hydrogen-bond donors (Lipinski definition) is 0. The maximum absolute atomic E-state index is 13.6. The lowest BCUT2D eigenvalue weighted by Crippen LogP contribution is -2.15. The molecule has 0 saturated heterocycles.